The van der Waals surface area contributed by atoms with Gasteiger partial charge in [0.1, 0.15) is 0 Å². The first-order valence-corrected chi connectivity index (χ1v) is 5.46. The van der Waals surface area contributed by atoms with Gasteiger partial charge in [0, 0.05) is 0 Å². The average Bonchev–Trinajstić information content (AvgIpc) is 2.42. The number of rotatable bonds is 3. The van der Waals surface area contributed by atoms with E-state index >= 15 is 0 Å². The number of halogens is 4. The number of pyridine rings is 1. The summed E-state index contributed by atoms with van der Waals surface area (Å²) in [6.45, 7) is 1.76. The first kappa shape index (κ1) is 14.1. The zero-order chi connectivity index (χ0) is 14.9. The van der Waals surface area contributed by atoms with Crippen LogP contribution < -0.4 is 9.47 Å². The van der Waals surface area contributed by atoms with E-state index in [1.54, 1.807) is 19.1 Å². The maximum Gasteiger partial charge on any atom is 0.255 e. The van der Waals surface area contributed by atoms with E-state index in [0.29, 0.717) is 0 Å². The Balaban J connectivity index is 2.50. The van der Waals surface area contributed by atoms with Crippen molar-refractivity contribution in [3.63, 3.8) is 0 Å². The van der Waals surface area contributed by atoms with Gasteiger partial charge in [-0.1, -0.05) is 6.07 Å². The molecule has 0 spiro atoms. The fourth-order valence-corrected chi connectivity index (χ4v) is 1.53. The third-order valence-electron chi connectivity index (χ3n) is 2.49. The molecule has 0 fully saturated rings. The summed E-state index contributed by atoms with van der Waals surface area (Å²) in [7, 11) is 1.32. The van der Waals surface area contributed by atoms with E-state index in [-0.39, 0.29) is 11.5 Å². The minimum atomic E-state index is -1.79. The van der Waals surface area contributed by atoms with Gasteiger partial charge < -0.3 is 9.47 Å². The molecule has 7 heteroatoms. The molecule has 0 unspecified atom stereocenters. The van der Waals surface area contributed by atoms with Gasteiger partial charge in [0.05, 0.1) is 7.11 Å². The third-order valence-corrected chi connectivity index (χ3v) is 2.49. The molecule has 0 radical (unpaired) electrons. The third kappa shape index (κ3) is 2.52. The van der Waals surface area contributed by atoms with Crippen molar-refractivity contribution in [1.82, 2.24) is 4.98 Å². The maximum absolute atomic E-state index is 13.4. The maximum atomic E-state index is 13.4. The van der Waals surface area contributed by atoms with Crippen LogP contribution in [0.5, 0.6) is 17.2 Å². The summed E-state index contributed by atoms with van der Waals surface area (Å²) in [6.07, 6.45) is 0. The van der Waals surface area contributed by atoms with Crippen LogP contribution in [0.4, 0.5) is 17.6 Å². The molecule has 3 nitrogen and oxygen atoms in total. The Morgan fingerprint density at radius 3 is 2.10 bits per heavy atom. The highest BCUT2D eigenvalue weighted by Crippen LogP contribution is 2.35. The van der Waals surface area contributed by atoms with Gasteiger partial charge in [-0.15, -0.1) is 0 Å². The van der Waals surface area contributed by atoms with Crippen molar-refractivity contribution in [2.75, 3.05) is 7.11 Å². The predicted octanol–water partition coefficient (Wildman–Crippen LogP) is 3.75. The summed E-state index contributed by atoms with van der Waals surface area (Å²) in [5, 5.41) is 0. The molecular formula is C13H9F4NO2. The number of ether oxygens (including phenoxy) is 2. The molecule has 0 amide bonds. The quantitative estimate of drug-likeness (QED) is 0.636. The van der Waals surface area contributed by atoms with Gasteiger partial charge in [-0.05, 0) is 24.6 Å². The van der Waals surface area contributed by atoms with Gasteiger partial charge in [-0.25, -0.2) is 0 Å². The van der Waals surface area contributed by atoms with Gasteiger partial charge in [0.15, 0.2) is 11.5 Å². The van der Waals surface area contributed by atoms with Crippen LogP contribution in [0.15, 0.2) is 18.2 Å². The van der Waals surface area contributed by atoms with Crippen molar-refractivity contribution >= 4 is 0 Å². The lowest BCUT2D eigenvalue weighted by Crippen LogP contribution is -2.03. The van der Waals surface area contributed by atoms with E-state index < -0.39 is 29.3 Å². The Labute approximate surface area is 111 Å². The Hall–Kier alpha value is -2.31. The molecule has 1 aromatic heterocycles. The van der Waals surface area contributed by atoms with Crippen molar-refractivity contribution in [3.8, 4) is 17.2 Å². The predicted molar refractivity (Wildman–Crippen MR) is 61.9 cm³/mol. The van der Waals surface area contributed by atoms with E-state index in [9.17, 15) is 17.6 Å². The van der Waals surface area contributed by atoms with Gasteiger partial charge in [-0.2, -0.15) is 22.5 Å². The zero-order valence-corrected chi connectivity index (χ0v) is 10.5. The molecule has 0 saturated heterocycles. The second kappa shape index (κ2) is 5.36. The van der Waals surface area contributed by atoms with Crippen LogP contribution in [-0.4, -0.2) is 12.1 Å². The van der Waals surface area contributed by atoms with Crippen LogP contribution in [0.25, 0.3) is 0 Å². The van der Waals surface area contributed by atoms with Gasteiger partial charge >= 0.3 is 0 Å². The van der Waals surface area contributed by atoms with Gasteiger partial charge in [-0.3, -0.25) is 0 Å². The van der Waals surface area contributed by atoms with Crippen LogP contribution in [0.3, 0.4) is 0 Å². The molecule has 2 rings (SSSR count). The molecule has 0 bridgehead atoms. The fraction of sp³-hybridized carbons (Fsp3) is 0.154. The van der Waals surface area contributed by atoms with Crippen LogP contribution in [0.2, 0.25) is 0 Å². The second-order valence-electron chi connectivity index (χ2n) is 3.91. The summed E-state index contributed by atoms with van der Waals surface area (Å²) in [5.74, 6) is -8.13. The number of nitrogens with zero attached hydrogens (tertiary/aromatic N) is 1. The van der Waals surface area contributed by atoms with Crippen LogP contribution in [0.1, 0.15) is 5.56 Å². The van der Waals surface area contributed by atoms with E-state index in [4.69, 9.17) is 9.47 Å². The van der Waals surface area contributed by atoms with Crippen molar-refractivity contribution in [1.29, 1.82) is 0 Å². The lowest BCUT2D eigenvalue weighted by atomic mass is 10.2. The zero-order valence-electron chi connectivity index (χ0n) is 10.5. The molecule has 106 valence electrons. The standard InChI is InChI=1S/C13H9F4NO2/c1-6-3-4-7(8(5-6)19-2)20-11-9(14)12(16)18-13(17)10(11)15/h3-5H,1-2H3. The van der Waals surface area contributed by atoms with Gasteiger partial charge in [0.2, 0.25) is 17.4 Å². The number of hydrogen-bond acceptors (Lipinski definition) is 3. The molecule has 1 heterocycles. The monoisotopic (exact) mass is 287 g/mol. The van der Waals surface area contributed by atoms with E-state index in [0.717, 1.165) is 5.56 Å². The summed E-state index contributed by atoms with van der Waals surface area (Å²) in [5.41, 5.74) is 0.808. The second-order valence-corrected chi connectivity index (χ2v) is 3.91. The molecule has 0 saturated carbocycles. The highest BCUT2D eigenvalue weighted by atomic mass is 19.2. The van der Waals surface area contributed by atoms with E-state index in [1.165, 1.54) is 13.2 Å². The largest absolute Gasteiger partial charge is 0.493 e. The number of hydrogen-bond donors (Lipinski definition) is 0. The first-order valence-electron chi connectivity index (χ1n) is 5.46. The lowest BCUT2D eigenvalue weighted by molar-refractivity contribution is 0.328. The summed E-state index contributed by atoms with van der Waals surface area (Å²) >= 11 is 0. The summed E-state index contributed by atoms with van der Waals surface area (Å²) < 4.78 is 62.6. The minimum absolute atomic E-state index is 0.0825. The number of aromatic nitrogens is 1. The lowest BCUT2D eigenvalue weighted by Gasteiger charge is -2.12. The van der Waals surface area contributed by atoms with Crippen LogP contribution in [-0.2, 0) is 0 Å². The number of methoxy groups -OCH3 is 1. The number of aryl methyl sites for hydroxylation is 1. The van der Waals surface area contributed by atoms with Gasteiger partial charge in [0.25, 0.3) is 11.9 Å². The Bertz CT molecular complexity index is 635. The summed E-state index contributed by atoms with van der Waals surface area (Å²) in [4.78, 5) is 2.44. The molecule has 0 aliphatic heterocycles. The molecule has 0 aliphatic carbocycles. The molecule has 2 aromatic rings. The van der Waals surface area contributed by atoms with Crippen molar-refractivity contribution in [2.45, 2.75) is 6.92 Å². The normalized spacial score (nSPS) is 10.5. The van der Waals surface area contributed by atoms with E-state index in [1.807, 2.05) is 0 Å². The minimum Gasteiger partial charge on any atom is -0.493 e. The van der Waals surface area contributed by atoms with Crippen molar-refractivity contribution < 1.29 is 27.0 Å². The van der Waals surface area contributed by atoms with Crippen molar-refractivity contribution in [3.05, 3.63) is 47.3 Å². The molecule has 1 aromatic carbocycles. The molecule has 0 aliphatic rings. The SMILES string of the molecule is COc1cc(C)ccc1Oc1c(F)c(F)nc(F)c1F. The summed E-state index contributed by atoms with van der Waals surface area (Å²) in [6, 6.07) is 4.49. The Morgan fingerprint density at radius 2 is 1.55 bits per heavy atom. The fourth-order valence-electron chi connectivity index (χ4n) is 1.53. The average molecular weight is 287 g/mol. The molecular weight excluding hydrogens is 278 g/mol. The van der Waals surface area contributed by atoms with Crippen LogP contribution in [0, 0.1) is 30.5 Å². The number of benzene rings is 1. The van der Waals surface area contributed by atoms with E-state index in [2.05, 4.69) is 4.98 Å². The highest BCUT2D eigenvalue weighted by Gasteiger charge is 2.23. The highest BCUT2D eigenvalue weighted by molar-refractivity contribution is 5.45. The Morgan fingerprint density at radius 1 is 0.950 bits per heavy atom. The Kier molecular flexibility index (Phi) is 3.78. The first-order chi connectivity index (χ1) is 9.43. The van der Waals surface area contributed by atoms with Crippen LogP contribution >= 0.6 is 0 Å². The molecule has 20 heavy (non-hydrogen) atoms. The smallest absolute Gasteiger partial charge is 0.255 e. The molecule has 0 atom stereocenters. The topological polar surface area (TPSA) is 31.4 Å². The van der Waals surface area contributed by atoms with Crippen molar-refractivity contribution in [2.24, 2.45) is 0 Å². The molecule has 0 N–H and O–H groups in total.